The molecular weight excluding hydrogens is 479 g/mol. The number of aliphatic imine (C=N–C) groups is 1. The molecule has 1 atom stereocenters. The van der Waals surface area contributed by atoms with Gasteiger partial charge in [-0.1, -0.05) is 31.4 Å². The zero-order valence-corrected chi connectivity index (χ0v) is 20.0. The van der Waals surface area contributed by atoms with Crippen molar-refractivity contribution in [1.29, 1.82) is 0 Å². The SMILES string of the molecule is CN=C(NCc1cccc(NC(=O)C2CCCCC2)c1)N(C)CC1CCOC1.I. The van der Waals surface area contributed by atoms with Crippen LogP contribution in [0.15, 0.2) is 29.3 Å². The molecule has 1 saturated heterocycles. The van der Waals surface area contributed by atoms with Crippen LogP contribution in [0.4, 0.5) is 5.69 Å². The molecule has 1 saturated carbocycles. The fourth-order valence-electron chi connectivity index (χ4n) is 4.14. The average Bonchev–Trinajstić information content (AvgIpc) is 3.22. The maximum absolute atomic E-state index is 12.5. The number of hydrogen-bond acceptors (Lipinski definition) is 3. The van der Waals surface area contributed by atoms with Crippen molar-refractivity contribution in [2.45, 2.75) is 45.1 Å². The highest BCUT2D eigenvalue weighted by atomic mass is 127. The van der Waals surface area contributed by atoms with Crippen LogP contribution in [-0.4, -0.2) is 50.6 Å². The van der Waals surface area contributed by atoms with Crippen LogP contribution < -0.4 is 10.6 Å². The zero-order chi connectivity index (χ0) is 19.8. The number of halogens is 1. The summed E-state index contributed by atoms with van der Waals surface area (Å²) in [4.78, 5) is 19.0. The first-order chi connectivity index (χ1) is 13.7. The summed E-state index contributed by atoms with van der Waals surface area (Å²) in [5, 5.41) is 6.53. The van der Waals surface area contributed by atoms with Gasteiger partial charge in [-0.3, -0.25) is 9.79 Å². The molecule has 1 unspecified atom stereocenters. The van der Waals surface area contributed by atoms with Gasteiger partial charge in [-0.25, -0.2) is 0 Å². The van der Waals surface area contributed by atoms with Gasteiger partial charge in [0.2, 0.25) is 5.91 Å². The van der Waals surface area contributed by atoms with Gasteiger partial charge in [-0.15, -0.1) is 24.0 Å². The Kier molecular flexibility index (Phi) is 10.2. The number of nitrogens with one attached hydrogen (secondary N) is 2. The van der Waals surface area contributed by atoms with Crippen LogP contribution in [-0.2, 0) is 16.1 Å². The Hall–Kier alpha value is -1.35. The molecule has 6 nitrogen and oxygen atoms in total. The Morgan fingerprint density at radius 1 is 1.24 bits per heavy atom. The maximum Gasteiger partial charge on any atom is 0.227 e. The van der Waals surface area contributed by atoms with Crippen LogP contribution in [0, 0.1) is 11.8 Å². The first-order valence-corrected chi connectivity index (χ1v) is 10.5. The molecule has 1 aliphatic heterocycles. The maximum atomic E-state index is 12.5. The molecule has 7 heteroatoms. The van der Waals surface area contributed by atoms with E-state index in [1.807, 2.05) is 25.2 Å². The Balaban J connectivity index is 0.00000300. The van der Waals surface area contributed by atoms with Gasteiger partial charge in [-0.2, -0.15) is 0 Å². The van der Waals surface area contributed by atoms with E-state index in [9.17, 15) is 4.79 Å². The molecule has 2 fully saturated rings. The van der Waals surface area contributed by atoms with Crippen molar-refractivity contribution in [1.82, 2.24) is 10.2 Å². The topological polar surface area (TPSA) is 66.0 Å². The van der Waals surface area contributed by atoms with Gasteiger partial charge in [0.15, 0.2) is 5.96 Å². The van der Waals surface area contributed by atoms with Crippen LogP contribution in [0.5, 0.6) is 0 Å². The third kappa shape index (κ3) is 7.44. The molecule has 0 spiro atoms. The number of carbonyl (C=O) groups is 1. The third-order valence-corrected chi connectivity index (χ3v) is 5.75. The predicted molar refractivity (Wildman–Crippen MR) is 129 cm³/mol. The molecule has 1 heterocycles. The summed E-state index contributed by atoms with van der Waals surface area (Å²) in [5.41, 5.74) is 2.00. The van der Waals surface area contributed by atoms with Crippen molar-refractivity contribution in [3.05, 3.63) is 29.8 Å². The Morgan fingerprint density at radius 2 is 2.03 bits per heavy atom. The molecule has 0 bridgehead atoms. The summed E-state index contributed by atoms with van der Waals surface area (Å²) in [6, 6.07) is 8.08. The molecule has 0 radical (unpaired) electrons. The molecule has 2 aliphatic rings. The predicted octanol–water partition coefficient (Wildman–Crippen LogP) is 3.87. The fourth-order valence-corrected chi connectivity index (χ4v) is 4.14. The molecule has 1 aromatic rings. The van der Waals surface area contributed by atoms with Crippen LogP contribution in [0.25, 0.3) is 0 Å². The molecule has 3 rings (SSSR count). The van der Waals surface area contributed by atoms with Crippen LogP contribution in [0.2, 0.25) is 0 Å². The highest BCUT2D eigenvalue weighted by molar-refractivity contribution is 14.0. The lowest BCUT2D eigenvalue weighted by Gasteiger charge is -2.24. The van der Waals surface area contributed by atoms with E-state index in [2.05, 4.69) is 33.6 Å². The Labute approximate surface area is 191 Å². The fraction of sp³-hybridized carbons (Fsp3) is 0.636. The van der Waals surface area contributed by atoms with E-state index >= 15 is 0 Å². The second-order valence-electron chi connectivity index (χ2n) is 8.04. The van der Waals surface area contributed by atoms with Gasteiger partial charge in [0.1, 0.15) is 0 Å². The minimum Gasteiger partial charge on any atom is -0.381 e. The van der Waals surface area contributed by atoms with E-state index in [1.165, 1.54) is 19.3 Å². The summed E-state index contributed by atoms with van der Waals surface area (Å²) < 4.78 is 5.47. The second-order valence-corrected chi connectivity index (χ2v) is 8.04. The first-order valence-electron chi connectivity index (χ1n) is 10.5. The third-order valence-electron chi connectivity index (χ3n) is 5.75. The summed E-state index contributed by atoms with van der Waals surface area (Å²) >= 11 is 0. The van der Waals surface area contributed by atoms with Crippen molar-refractivity contribution in [3.8, 4) is 0 Å². The van der Waals surface area contributed by atoms with E-state index in [0.29, 0.717) is 12.5 Å². The van der Waals surface area contributed by atoms with E-state index in [1.54, 1.807) is 0 Å². The standard InChI is InChI=1S/C22H34N4O2.HI/c1-23-22(26(2)15-18-11-12-28-16-18)24-14-17-7-6-10-20(13-17)25-21(27)19-8-4-3-5-9-19;/h6-7,10,13,18-19H,3-5,8-9,11-12,14-16H2,1-2H3,(H,23,24)(H,25,27);1H. The lowest BCUT2D eigenvalue weighted by molar-refractivity contribution is -0.120. The smallest absolute Gasteiger partial charge is 0.227 e. The number of amides is 1. The van der Waals surface area contributed by atoms with Crippen molar-refractivity contribution in [2.24, 2.45) is 16.8 Å². The van der Waals surface area contributed by atoms with Gasteiger partial charge in [0, 0.05) is 51.3 Å². The number of hydrogen-bond donors (Lipinski definition) is 2. The minimum absolute atomic E-state index is 0. The van der Waals surface area contributed by atoms with Crippen molar-refractivity contribution in [2.75, 3.05) is 39.2 Å². The van der Waals surface area contributed by atoms with Gasteiger partial charge in [0.05, 0.1) is 6.61 Å². The number of anilines is 1. The van der Waals surface area contributed by atoms with Crippen molar-refractivity contribution >= 4 is 41.5 Å². The highest BCUT2D eigenvalue weighted by Gasteiger charge is 2.21. The molecule has 2 N–H and O–H groups in total. The monoisotopic (exact) mass is 514 g/mol. The Morgan fingerprint density at radius 3 is 2.72 bits per heavy atom. The average molecular weight is 514 g/mol. The van der Waals surface area contributed by atoms with E-state index in [4.69, 9.17) is 4.74 Å². The summed E-state index contributed by atoms with van der Waals surface area (Å²) in [6.45, 7) is 3.32. The Bertz CT molecular complexity index is 671. The number of ether oxygens (including phenoxy) is 1. The number of carbonyl (C=O) groups excluding carboxylic acids is 1. The van der Waals surface area contributed by atoms with Gasteiger partial charge >= 0.3 is 0 Å². The van der Waals surface area contributed by atoms with Crippen LogP contribution in [0.3, 0.4) is 0 Å². The number of benzene rings is 1. The van der Waals surface area contributed by atoms with E-state index in [0.717, 1.165) is 56.2 Å². The first kappa shape index (κ1) is 23.9. The van der Waals surface area contributed by atoms with Crippen molar-refractivity contribution in [3.63, 3.8) is 0 Å². The molecule has 0 aromatic heterocycles. The lowest BCUT2D eigenvalue weighted by atomic mass is 9.88. The van der Waals surface area contributed by atoms with Crippen LogP contribution in [0.1, 0.15) is 44.1 Å². The van der Waals surface area contributed by atoms with E-state index < -0.39 is 0 Å². The summed E-state index contributed by atoms with van der Waals surface area (Å²) in [6.07, 6.45) is 6.74. The quantitative estimate of drug-likeness (QED) is 0.344. The normalized spacial score (nSPS) is 20.1. The molecule has 29 heavy (non-hydrogen) atoms. The number of nitrogens with zero attached hydrogens (tertiary/aromatic N) is 2. The lowest BCUT2D eigenvalue weighted by Crippen LogP contribution is -2.41. The zero-order valence-electron chi connectivity index (χ0n) is 17.7. The van der Waals surface area contributed by atoms with Gasteiger partial charge in [-0.05, 0) is 37.0 Å². The largest absolute Gasteiger partial charge is 0.381 e. The number of rotatable bonds is 6. The molecule has 1 amide bonds. The molecular formula is C22H35IN4O2. The second kappa shape index (κ2) is 12.4. The van der Waals surface area contributed by atoms with Crippen molar-refractivity contribution < 1.29 is 9.53 Å². The summed E-state index contributed by atoms with van der Waals surface area (Å²) in [7, 11) is 3.87. The van der Waals surface area contributed by atoms with Gasteiger partial charge in [0.25, 0.3) is 0 Å². The molecule has 1 aromatic carbocycles. The minimum atomic E-state index is 0. The summed E-state index contributed by atoms with van der Waals surface area (Å²) in [5.74, 6) is 1.78. The molecule has 1 aliphatic carbocycles. The highest BCUT2D eigenvalue weighted by Crippen LogP contribution is 2.25. The van der Waals surface area contributed by atoms with Gasteiger partial charge < -0.3 is 20.3 Å². The molecule has 162 valence electrons. The number of guanidine groups is 1. The van der Waals surface area contributed by atoms with Crippen LogP contribution >= 0.6 is 24.0 Å². The van der Waals surface area contributed by atoms with E-state index in [-0.39, 0.29) is 35.8 Å².